The van der Waals surface area contributed by atoms with Crippen LogP contribution in [0.15, 0.2) is 42.5 Å². The molecule has 2 aromatic rings. The van der Waals surface area contributed by atoms with Gasteiger partial charge in [-0.3, -0.25) is 9.10 Å². The molecule has 1 aliphatic rings. The van der Waals surface area contributed by atoms with Crippen molar-refractivity contribution in [1.29, 1.82) is 0 Å². The van der Waals surface area contributed by atoms with Crippen molar-refractivity contribution in [3.05, 3.63) is 59.2 Å². The number of anilines is 1. The molecule has 1 amide bonds. The minimum absolute atomic E-state index is 0.0180. The third-order valence-electron chi connectivity index (χ3n) is 5.21. The standard InChI is InChI=1S/C22H28N2O4S/c1-6-29(26,27)24(5)17-10-8-16(9-11-17)21(25)23-19-14-22(3,4)28-20-13-15(2)7-12-18(19)20/h7-13,19H,6,14H2,1-5H3,(H,23,25)/t19-/m0/s1. The Labute approximate surface area is 172 Å². The van der Waals surface area contributed by atoms with Gasteiger partial charge in [0.1, 0.15) is 11.4 Å². The van der Waals surface area contributed by atoms with Gasteiger partial charge >= 0.3 is 0 Å². The number of nitrogens with one attached hydrogen (secondary N) is 1. The number of hydrogen-bond acceptors (Lipinski definition) is 4. The Balaban J connectivity index is 1.80. The van der Waals surface area contributed by atoms with Crippen LogP contribution in [0.4, 0.5) is 5.69 Å². The number of rotatable bonds is 5. The number of amides is 1. The lowest BCUT2D eigenvalue weighted by molar-refractivity contribution is 0.0619. The fourth-order valence-electron chi connectivity index (χ4n) is 3.51. The number of aryl methyl sites for hydroxylation is 1. The molecule has 0 aliphatic carbocycles. The van der Waals surface area contributed by atoms with Gasteiger partial charge in [0.05, 0.1) is 17.5 Å². The van der Waals surface area contributed by atoms with Gasteiger partial charge in [-0.1, -0.05) is 12.1 Å². The first-order valence-electron chi connectivity index (χ1n) is 9.69. The summed E-state index contributed by atoms with van der Waals surface area (Å²) in [6, 6.07) is 12.4. The molecule has 7 heteroatoms. The van der Waals surface area contributed by atoms with Crippen LogP contribution >= 0.6 is 0 Å². The van der Waals surface area contributed by atoms with Gasteiger partial charge in [0, 0.05) is 24.6 Å². The first-order chi connectivity index (χ1) is 13.5. The van der Waals surface area contributed by atoms with Crippen molar-refractivity contribution >= 4 is 21.6 Å². The molecule has 29 heavy (non-hydrogen) atoms. The van der Waals surface area contributed by atoms with Crippen molar-refractivity contribution in [1.82, 2.24) is 5.32 Å². The number of benzene rings is 2. The molecule has 0 fully saturated rings. The van der Waals surface area contributed by atoms with E-state index in [1.807, 2.05) is 39.0 Å². The molecule has 0 radical (unpaired) electrons. The van der Waals surface area contributed by atoms with E-state index >= 15 is 0 Å². The van der Waals surface area contributed by atoms with E-state index in [0.717, 1.165) is 16.9 Å². The first-order valence-corrected chi connectivity index (χ1v) is 11.3. The predicted octanol–water partition coefficient (Wildman–Crippen LogP) is 3.81. The lowest BCUT2D eigenvalue weighted by atomic mass is 9.89. The third-order valence-corrected chi connectivity index (χ3v) is 6.98. The summed E-state index contributed by atoms with van der Waals surface area (Å²) in [6.45, 7) is 7.63. The molecule has 0 saturated carbocycles. The van der Waals surface area contributed by atoms with Crippen molar-refractivity contribution in [2.75, 3.05) is 17.1 Å². The Kier molecular flexibility index (Phi) is 5.63. The molecular formula is C22H28N2O4S. The van der Waals surface area contributed by atoms with Crippen LogP contribution in [-0.4, -0.2) is 32.7 Å². The molecule has 3 rings (SSSR count). The fraction of sp³-hybridized carbons (Fsp3) is 0.409. The largest absolute Gasteiger partial charge is 0.487 e. The number of carbonyl (C=O) groups excluding carboxylic acids is 1. The van der Waals surface area contributed by atoms with Crippen LogP contribution < -0.4 is 14.4 Å². The van der Waals surface area contributed by atoms with Crippen molar-refractivity contribution in [2.45, 2.75) is 45.8 Å². The van der Waals surface area contributed by atoms with E-state index in [1.54, 1.807) is 31.2 Å². The first kappa shape index (κ1) is 21.2. The molecule has 1 N–H and O–H groups in total. The summed E-state index contributed by atoms with van der Waals surface area (Å²) >= 11 is 0. The van der Waals surface area contributed by atoms with Crippen LogP contribution in [-0.2, 0) is 10.0 Å². The molecule has 0 unspecified atom stereocenters. The van der Waals surface area contributed by atoms with E-state index in [-0.39, 0.29) is 23.3 Å². The Bertz CT molecular complexity index is 1010. The average molecular weight is 417 g/mol. The highest BCUT2D eigenvalue weighted by Crippen LogP contribution is 2.40. The van der Waals surface area contributed by atoms with E-state index in [2.05, 4.69) is 5.32 Å². The average Bonchev–Trinajstić information content (AvgIpc) is 2.66. The van der Waals surface area contributed by atoms with Crippen molar-refractivity contribution in [2.24, 2.45) is 0 Å². The Morgan fingerprint density at radius 1 is 1.21 bits per heavy atom. The molecule has 1 heterocycles. The SMILES string of the molecule is CCS(=O)(=O)N(C)c1ccc(C(=O)N[C@H]2CC(C)(C)Oc3cc(C)ccc32)cc1. The summed E-state index contributed by atoms with van der Waals surface area (Å²) in [7, 11) is -1.83. The highest BCUT2D eigenvalue weighted by atomic mass is 32.2. The molecule has 2 aromatic carbocycles. The number of nitrogens with zero attached hydrogens (tertiary/aromatic N) is 1. The second kappa shape index (κ2) is 7.71. The van der Waals surface area contributed by atoms with E-state index in [0.29, 0.717) is 17.7 Å². The van der Waals surface area contributed by atoms with Crippen LogP contribution in [0, 0.1) is 6.92 Å². The number of sulfonamides is 1. The zero-order valence-electron chi connectivity index (χ0n) is 17.5. The van der Waals surface area contributed by atoms with Crippen molar-refractivity contribution < 1.29 is 17.9 Å². The summed E-state index contributed by atoms with van der Waals surface area (Å²) in [5.41, 5.74) is 2.69. The molecule has 1 atom stereocenters. The number of carbonyl (C=O) groups is 1. The number of hydrogen-bond donors (Lipinski definition) is 1. The molecule has 1 aliphatic heterocycles. The topological polar surface area (TPSA) is 75.7 Å². The lowest BCUT2D eigenvalue weighted by Crippen LogP contribution is -2.41. The highest BCUT2D eigenvalue weighted by Gasteiger charge is 2.34. The predicted molar refractivity (Wildman–Crippen MR) is 115 cm³/mol. The van der Waals surface area contributed by atoms with Gasteiger partial charge < -0.3 is 10.1 Å². The zero-order chi connectivity index (χ0) is 21.4. The van der Waals surface area contributed by atoms with Gasteiger partial charge in [-0.25, -0.2) is 8.42 Å². The maximum Gasteiger partial charge on any atom is 0.251 e. The van der Waals surface area contributed by atoms with Crippen molar-refractivity contribution in [3.63, 3.8) is 0 Å². The van der Waals surface area contributed by atoms with Crippen molar-refractivity contribution in [3.8, 4) is 5.75 Å². The maximum atomic E-state index is 12.9. The van der Waals surface area contributed by atoms with E-state index in [9.17, 15) is 13.2 Å². The smallest absolute Gasteiger partial charge is 0.251 e. The van der Waals surface area contributed by atoms with Crippen LogP contribution in [0.2, 0.25) is 0 Å². The Morgan fingerprint density at radius 3 is 2.48 bits per heavy atom. The summed E-state index contributed by atoms with van der Waals surface area (Å²) in [5.74, 6) is 0.615. The molecule has 156 valence electrons. The zero-order valence-corrected chi connectivity index (χ0v) is 18.3. The molecule has 0 saturated heterocycles. The maximum absolute atomic E-state index is 12.9. The van der Waals surface area contributed by atoms with E-state index in [1.165, 1.54) is 11.4 Å². The summed E-state index contributed by atoms with van der Waals surface area (Å²) in [4.78, 5) is 12.9. The fourth-order valence-corrected chi connectivity index (χ4v) is 4.34. The molecule has 0 aromatic heterocycles. The summed E-state index contributed by atoms with van der Waals surface area (Å²) in [6.07, 6.45) is 0.657. The normalized spacial score (nSPS) is 17.8. The second-order valence-electron chi connectivity index (χ2n) is 8.05. The molecular weight excluding hydrogens is 388 g/mol. The van der Waals surface area contributed by atoms with Crippen LogP contribution in [0.1, 0.15) is 54.7 Å². The van der Waals surface area contributed by atoms with Gasteiger partial charge in [-0.2, -0.15) is 0 Å². The van der Waals surface area contributed by atoms with Crippen LogP contribution in [0.5, 0.6) is 5.75 Å². The van der Waals surface area contributed by atoms with Crippen LogP contribution in [0.25, 0.3) is 0 Å². The summed E-state index contributed by atoms with van der Waals surface area (Å²) < 4.78 is 31.4. The molecule has 6 nitrogen and oxygen atoms in total. The quantitative estimate of drug-likeness (QED) is 0.804. The van der Waals surface area contributed by atoms with Gasteiger partial charge in [-0.05, 0) is 63.6 Å². The van der Waals surface area contributed by atoms with E-state index in [4.69, 9.17) is 4.74 Å². The summed E-state index contributed by atoms with van der Waals surface area (Å²) in [5, 5.41) is 3.11. The van der Waals surface area contributed by atoms with Gasteiger partial charge in [0.15, 0.2) is 0 Å². The minimum Gasteiger partial charge on any atom is -0.487 e. The van der Waals surface area contributed by atoms with Gasteiger partial charge in [0.2, 0.25) is 10.0 Å². The number of ether oxygens (including phenoxy) is 1. The molecule has 0 bridgehead atoms. The Morgan fingerprint density at radius 2 is 1.86 bits per heavy atom. The highest BCUT2D eigenvalue weighted by molar-refractivity contribution is 7.92. The minimum atomic E-state index is -3.34. The number of fused-ring (bicyclic) bond motifs is 1. The monoisotopic (exact) mass is 416 g/mol. The third kappa shape index (κ3) is 4.56. The second-order valence-corrected chi connectivity index (χ2v) is 10.3. The van der Waals surface area contributed by atoms with Gasteiger partial charge in [-0.15, -0.1) is 0 Å². The molecule has 0 spiro atoms. The van der Waals surface area contributed by atoms with Crippen LogP contribution in [0.3, 0.4) is 0 Å². The van der Waals surface area contributed by atoms with Gasteiger partial charge in [0.25, 0.3) is 5.91 Å². The Hall–Kier alpha value is -2.54. The lowest BCUT2D eigenvalue weighted by Gasteiger charge is -2.38. The van der Waals surface area contributed by atoms with E-state index < -0.39 is 10.0 Å².